The van der Waals surface area contributed by atoms with Gasteiger partial charge in [0.05, 0.1) is 0 Å². The van der Waals surface area contributed by atoms with Crippen LogP contribution in [0, 0.1) is 5.41 Å². The lowest BCUT2D eigenvalue weighted by atomic mass is 9.74. The van der Waals surface area contributed by atoms with Crippen molar-refractivity contribution in [3.8, 4) is 0 Å². The van der Waals surface area contributed by atoms with Gasteiger partial charge in [0.15, 0.2) is 0 Å². The van der Waals surface area contributed by atoms with Crippen molar-refractivity contribution < 1.29 is 14.4 Å². The number of hydrogen-bond acceptors (Lipinski definition) is 3. The zero-order valence-electron chi connectivity index (χ0n) is 12.9. The van der Waals surface area contributed by atoms with Gasteiger partial charge in [-0.2, -0.15) is 0 Å². The topological polar surface area (TPSA) is 51.2 Å². The SMILES string of the molecule is CCCC(=O)CC(C)(CC(=O)CCC)C(=O)CCC. The minimum absolute atomic E-state index is 0.0592. The standard InChI is InChI=1S/C16H28O3/c1-5-8-13(17)11-16(4,15(19)10-7-3)12-14(18)9-6-2/h5-12H2,1-4H3. The third-order valence-corrected chi connectivity index (χ3v) is 3.38. The van der Waals surface area contributed by atoms with E-state index in [1.54, 1.807) is 6.92 Å². The molecule has 0 aliphatic heterocycles. The molecule has 0 atom stereocenters. The van der Waals surface area contributed by atoms with Crippen molar-refractivity contribution in [1.82, 2.24) is 0 Å². The van der Waals surface area contributed by atoms with Gasteiger partial charge in [0.2, 0.25) is 0 Å². The second-order valence-electron chi connectivity index (χ2n) is 5.66. The largest absolute Gasteiger partial charge is 0.300 e. The van der Waals surface area contributed by atoms with Gasteiger partial charge in [0.25, 0.3) is 0 Å². The van der Waals surface area contributed by atoms with E-state index in [1.165, 1.54) is 0 Å². The molecular weight excluding hydrogens is 240 g/mol. The summed E-state index contributed by atoms with van der Waals surface area (Å²) in [7, 11) is 0. The first kappa shape index (κ1) is 18.0. The molecule has 0 amide bonds. The summed E-state index contributed by atoms with van der Waals surface area (Å²) in [6.45, 7) is 7.63. The number of carbonyl (C=O) groups is 3. The summed E-state index contributed by atoms with van der Waals surface area (Å²) >= 11 is 0. The van der Waals surface area contributed by atoms with E-state index in [2.05, 4.69) is 0 Å². The van der Waals surface area contributed by atoms with Gasteiger partial charge in [-0.05, 0) is 19.3 Å². The van der Waals surface area contributed by atoms with Crippen molar-refractivity contribution in [2.45, 2.75) is 79.1 Å². The molecule has 0 aromatic rings. The fourth-order valence-corrected chi connectivity index (χ4v) is 2.39. The molecule has 3 nitrogen and oxygen atoms in total. The molecule has 0 spiro atoms. The molecule has 0 aliphatic rings. The van der Waals surface area contributed by atoms with Crippen LogP contribution in [0.5, 0.6) is 0 Å². The Morgan fingerprint density at radius 3 is 1.42 bits per heavy atom. The highest BCUT2D eigenvalue weighted by molar-refractivity contribution is 5.94. The van der Waals surface area contributed by atoms with Crippen molar-refractivity contribution in [1.29, 1.82) is 0 Å². The maximum Gasteiger partial charge on any atom is 0.139 e. The van der Waals surface area contributed by atoms with Crippen LogP contribution in [-0.4, -0.2) is 17.3 Å². The summed E-state index contributed by atoms with van der Waals surface area (Å²) in [5.74, 6) is 0.251. The van der Waals surface area contributed by atoms with Crippen LogP contribution in [0.1, 0.15) is 79.1 Å². The van der Waals surface area contributed by atoms with E-state index in [4.69, 9.17) is 0 Å². The zero-order valence-corrected chi connectivity index (χ0v) is 12.9. The highest BCUT2D eigenvalue weighted by Crippen LogP contribution is 2.31. The first-order chi connectivity index (χ1) is 8.89. The van der Waals surface area contributed by atoms with Crippen molar-refractivity contribution in [3.05, 3.63) is 0 Å². The fraction of sp³-hybridized carbons (Fsp3) is 0.812. The van der Waals surface area contributed by atoms with Gasteiger partial charge in [-0.1, -0.05) is 27.7 Å². The summed E-state index contributed by atoms with van der Waals surface area (Å²) in [5, 5.41) is 0. The molecule has 19 heavy (non-hydrogen) atoms. The van der Waals surface area contributed by atoms with E-state index >= 15 is 0 Å². The number of ketones is 3. The molecule has 0 aliphatic carbocycles. The maximum absolute atomic E-state index is 12.2. The van der Waals surface area contributed by atoms with Gasteiger partial charge in [-0.15, -0.1) is 0 Å². The van der Waals surface area contributed by atoms with Crippen molar-refractivity contribution in [2.75, 3.05) is 0 Å². The molecule has 0 fully saturated rings. The summed E-state index contributed by atoms with van der Waals surface area (Å²) in [5.41, 5.74) is -0.783. The van der Waals surface area contributed by atoms with Crippen LogP contribution in [0.3, 0.4) is 0 Å². The molecule has 0 aromatic carbocycles. The second kappa shape index (κ2) is 9.00. The molecule has 0 N–H and O–H groups in total. The number of Topliss-reactive ketones (excluding diaryl/α,β-unsaturated/α-hetero) is 3. The minimum Gasteiger partial charge on any atom is -0.300 e. The number of hydrogen-bond donors (Lipinski definition) is 0. The first-order valence-electron chi connectivity index (χ1n) is 7.46. The van der Waals surface area contributed by atoms with Gasteiger partial charge >= 0.3 is 0 Å². The summed E-state index contributed by atoms with van der Waals surface area (Å²) in [6.07, 6.45) is 4.23. The van der Waals surface area contributed by atoms with E-state index in [0.29, 0.717) is 19.3 Å². The molecule has 0 radical (unpaired) electrons. The van der Waals surface area contributed by atoms with E-state index in [0.717, 1.165) is 19.3 Å². The maximum atomic E-state index is 12.2. The van der Waals surface area contributed by atoms with Crippen LogP contribution in [-0.2, 0) is 14.4 Å². The average molecular weight is 268 g/mol. The van der Waals surface area contributed by atoms with Gasteiger partial charge in [-0.25, -0.2) is 0 Å². The van der Waals surface area contributed by atoms with Crippen LogP contribution in [0.4, 0.5) is 0 Å². The Balaban J connectivity index is 4.85. The van der Waals surface area contributed by atoms with Gasteiger partial charge in [-0.3, -0.25) is 14.4 Å². The van der Waals surface area contributed by atoms with E-state index in [9.17, 15) is 14.4 Å². The fourth-order valence-electron chi connectivity index (χ4n) is 2.39. The lowest BCUT2D eigenvalue weighted by Gasteiger charge is -2.27. The van der Waals surface area contributed by atoms with Crippen LogP contribution in [0.25, 0.3) is 0 Å². The molecule has 0 saturated carbocycles. The van der Waals surface area contributed by atoms with Gasteiger partial charge in [0, 0.05) is 37.5 Å². The van der Waals surface area contributed by atoms with Gasteiger partial charge < -0.3 is 0 Å². The Kier molecular flexibility index (Phi) is 8.53. The Morgan fingerprint density at radius 1 is 0.737 bits per heavy atom. The third-order valence-electron chi connectivity index (χ3n) is 3.38. The quantitative estimate of drug-likeness (QED) is 0.571. The third kappa shape index (κ3) is 6.65. The Hall–Kier alpha value is -0.990. The van der Waals surface area contributed by atoms with E-state index in [1.807, 2.05) is 20.8 Å². The van der Waals surface area contributed by atoms with Crippen LogP contribution < -0.4 is 0 Å². The molecule has 0 bridgehead atoms. The van der Waals surface area contributed by atoms with Crippen molar-refractivity contribution in [3.63, 3.8) is 0 Å². The molecule has 110 valence electrons. The predicted molar refractivity (Wildman–Crippen MR) is 77.1 cm³/mol. The summed E-state index contributed by atoms with van der Waals surface area (Å²) in [4.78, 5) is 35.9. The van der Waals surface area contributed by atoms with Crippen LogP contribution in [0.15, 0.2) is 0 Å². The molecule has 3 heteroatoms. The lowest BCUT2D eigenvalue weighted by molar-refractivity contribution is -0.137. The lowest BCUT2D eigenvalue weighted by Crippen LogP contribution is -2.33. The highest BCUT2D eigenvalue weighted by atomic mass is 16.1. The average Bonchev–Trinajstić information content (AvgIpc) is 2.29. The van der Waals surface area contributed by atoms with Crippen molar-refractivity contribution >= 4 is 17.3 Å². The molecule has 0 unspecified atom stereocenters. The van der Waals surface area contributed by atoms with Gasteiger partial charge in [0.1, 0.15) is 17.3 Å². The Bertz CT molecular complexity index is 298. The monoisotopic (exact) mass is 268 g/mol. The Morgan fingerprint density at radius 2 is 1.11 bits per heavy atom. The zero-order chi connectivity index (χ0) is 14.9. The highest BCUT2D eigenvalue weighted by Gasteiger charge is 2.35. The summed E-state index contributed by atoms with van der Waals surface area (Å²) < 4.78 is 0. The summed E-state index contributed by atoms with van der Waals surface area (Å²) in [6, 6.07) is 0. The molecule has 0 heterocycles. The smallest absolute Gasteiger partial charge is 0.139 e. The predicted octanol–water partition coefficient (Wildman–Crippen LogP) is 3.88. The second-order valence-corrected chi connectivity index (χ2v) is 5.66. The number of carbonyl (C=O) groups excluding carboxylic acids is 3. The normalized spacial score (nSPS) is 11.4. The molecule has 0 saturated heterocycles. The van der Waals surface area contributed by atoms with Crippen molar-refractivity contribution in [2.24, 2.45) is 5.41 Å². The first-order valence-corrected chi connectivity index (χ1v) is 7.46. The minimum atomic E-state index is -0.783. The van der Waals surface area contributed by atoms with E-state index < -0.39 is 5.41 Å². The van der Waals surface area contributed by atoms with Crippen LogP contribution >= 0.6 is 0 Å². The molecule has 0 rings (SSSR count). The molecule has 0 aromatic heterocycles. The Labute approximate surface area is 117 Å². The van der Waals surface area contributed by atoms with Crippen LogP contribution in [0.2, 0.25) is 0 Å². The molecular formula is C16H28O3. The van der Waals surface area contributed by atoms with E-state index in [-0.39, 0.29) is 30.2 Å². The number of rotatable bonds is 11.